The fourth-order valence-electron chi connectivity index (χ4n) is 1.09. The van der Waals surface area contributed by atoms with Crippen LogP contribution in [0.3, 0.4) is 0 Å². The highest BCUT2D eigenvalue weighted by atomic mass is 32.1. The molecule has 1 aromatic rings. The number of hydrogen-bond donors (Lipinski definition) is 3. The van der Waals surface area contributed by atoms with Crippen molar-refractivity contribution in [3.05, 3.63) is 22.4 Å². The monoisotopic (exact) mass is 242 g/mol. The summed E-state index contributed by atoms with van der Waals surface area (Å²) in [5.74, 6) is -0.205. The van der Waals surface area contributed by atoms with E-state index in [2.05, 4.69) is 5.32 Å². The van der Waals surface area contributed by atoms with E-state index in [1.54, 1.807) is 0 Å². The third kappa shape index (κ3) is 3.59. The Morgan fingerprint density at radius 1 is 1.69 bits per heavy atom. The van der Waals surface area contributed by atoms with Crippen LogP contribution in [0.5, 0.6) is 0 Å². The molecule has 0 aliphatic carbocycles. The van der Waals surface area contributed by atoms with Gasteiger partial charge in [0.05, 0.1) is 0 Å². The molecule has 1 unspecified atom stereocenters. The van der Waals surface area contributed by atoms with Gasteiger partial charge >= 0.3 is 0 Å². The normalized spacial score (nSPS) is 13.5. The van der Waals surface area contributed by atoms with E-state index in [0.29, 0.717) is 6.54 Å². The molecule has 0 saturated heterocycles. The first-order valence-corrected chi connectivity index (χ1v) is 6.02. The molecule has 0 spiro atoms. The first-order valence-electron chi connectivity index (χ1n) is 5.14. The van der Waals surface area contributed by atoms with Crippen molar-refractivity contribution in [3.63, 3.8) is 0 Å². The third-order valence-electron chi connectivity index (χ3n) is 2.30. The predicted molar refractivity (Wildman–Crippen MR) is 65.1 cm³/mol. The molecule has 1 amide bonds. The zero-order chi connectivity index (χ0) is 12.2. The van der Waals surface area contributed by atoms with Gasteiger partial charge in [-0.05, 0) is 11.4 Å². The molecule has 4 nitrogen and oxygen atoms in total. The highest BCUT2D eigenvalue weighted by Gasteiger charge is 2.21. The fraction of sp³-hybridized carbons (Fsp3) is 0.545. The van der Waals surface area contributed by atoms with Gasteiger partial charge in [-0.25, -0.2) is 0 Å². The molecule has 0 aromatic carbocycles. The number of rotatable bonds is 5. The Morgan fingerprint density at radius 2 is 2.38 bits per heavy atom. The highest BCUT2D eigenvalue weighted by Crippen LogP contribution is 2.17. The molecule has 5 heteroatoms. The molecule has 4 N–H and O–H groups in total. The van der Waals surface area contributed by atoms with Crippen LogP contribution in [-0.2, 0) is 4.79 Å². The van der Waals surface area contributed by atoms with E-state index >= 15 is 0 Å². The molecule has 0 fully saturated rings. The first-order chi connectivity index (χ1) is 7.46. The summed E-state index contributed by atoms with van der Waals surface area (Å²) < 4.78 is 0. The molecule has 1 atom stereocenters. The summed E-state index contributed by atoms with van der Waals surface area (Å²) in [5.41, 5.74) is 5.47. The number of aliphatic hydroxyl groups excluding tert-OH is 1. The van der Waals surface area contributed by atoms with E-state index in [1.165, 1.54) is 11.3 Å². The van der Waals surface area contributed by atoms with Crippen LogP contribution in [0, 0.1) is 5.41 Å². The van der Waals surface area contributed by atoms with Crippen LogP contribution < -0.4 is 11.1 Å². The second-order valence-corrected chi connectivity index (χ2v) is 5.51. The Hall–Kier alpha value is -0.910. The number of amides is 1. The lowest BCUT2D eigenvalue weighted by atomic mass is 9.95. The quantitative estimate of drug-likeness (QED) is 0.717. The van der Waals surface area contributed by atoms with Crippen molar-refractivity contribution in [2.45, 2.75) is 19.9 Å². The van der Waals surface area contributed by atoms with Crippen LogP contribution in [0.4, 0.5) is 0 Å². The molecular weight excluding hydrogens is 224 g/mol. The van der Waals surface area contributed by atoms with Gasteiger partial charge < -0.3 is 16.2 Å². The van der Waals surface area contributed by atoms with Gasteiger partial charge in [0.1, 0.15) is 6.04 Å². The van der Waals surface area contributed by atoms with Crippen molar-refractivity contribution >= 4 is 17.2 Å². The summed E-state index contributed by atoms with van der Waals surface area (Å²) in [6, 6.07) is 3.09. The zero-order valence-electron chi connectivity index (χ0n) is 9.56. The van der Waals surface area contributed by atoms with Crippen LogP contribution in [-0.4, -0.2) is 24.2 Å². The Bertz CT molecular complexity index is 336. The number of hydrogen-bond acceptors (Lipinski definition) is 4. The Balaban J connectivity index is 2.47. The molecule has 0 saturated carbocycles. The van der Waals surface area contributed by atoms with E-state index in [4.69, 9.17) is 10.8 Å². The zero-order valence-corrected chi connectivity index (χ0v) is 10.4. The minimum atomic E-state index is -0.616. The van der Waals surface area contributed by atoms with Crippen molar-refractivity contribution in [3.8, 4) is 0 Å². The average Bonchev–Trinajstić information content (AvgIpc) is 2.78. The lowest BCUT2D eigenvalue weighted by Gasteiger charge is -2.22. The largest absolute Gasteiger partial charge is 0.396 e. The van der Waals surface area contributed by atoms with E-state index < -0.39 is 6.04 Å². The summed E-state index contributed by atoms with van der Waals surface area (Å²) in [7, 11) is 0. The molecule has 90 valence electrons. The fourth-order valence-corrected chi connectivity index (χ4v) is 1.81. The van der Waals surface area contributed by atoms with Gasteiger partial charge in [0.15, 0.2) is 0 Å². The number of carbonyl (C=O) groups excluding carboxylic acids is 1. The lowest BCUT2D eigenvalue weighted by Crippen LogP contribution is -2.40. The van der Waals surface area contributed by atoms with E-state index in [0.717, 1.165) is 4.88 Å². The van der Waals surface area contributed by atoms with E-state index in [1.807, 2.05) is 31.4 Å². The Morgan fingerprint density at radius 3 is 2.88 bits per heavy atom. The van der Waals surface area contributed by atoms with Crippen molar-refractivity contribution < 1.29 is 9.90 Å². The summed E-state index contributed by atoms with van der Waals surface area (Å²) >= 11 is 1.46. The van der Waals surface area contributed by atoms with Gasteiger partial charge in [0, 0.05) is 23.4 Å². The predicted octanol–water partition coefficient (Wildman–Crippen LogP) is 0.883. The summed E-state index contributed by atoms with van der Waals surface area (Å²) in [5, 5.41) is 13.7. The molecule has 16 heavy (non-hydrogen) atoms. The maximum atomic E-state index is 11.7. The molecular formula is C11H18N2O2S. The van der Waals surface area contributed by atoms with Gasteiger partial charge in [-0.3, -0.25) is 4.79 Å². The minimum Gasteiger partial charge on any atom is -0.396 e. The van der Waals surface area contributed by atoms with E-state index in [9.17, 15) is 4.79 Å². The molecule has 0 bridgehead atoms. The van der Waals surface area contributed by atoms with Crippen molar-refractivity contribution in [1.29, 1.82) is 0 Å². The Labute approximate surface area is 99.5 Å². The van der Waals surface area contributed by atoms with Gasteiger partial charge in [0.2, 0.25) is 5.91 Å². The van der Waals surface area contributed by atoms with Crippen molar-refractivity contribution in [1.82, 2.24) is 5.32 Å². The van der Waals surface area contributed by atoms with Crippen LogP contribution in [0.2, 0.25) is 0 Å². The van der Waals surface area contributed by atoms with Gasteiger partial charge in [-0.15, -0.1) is 11.3 Å². The molecule has 1 heterocycles. The molecule has 1 rings (SSSR count). The number of nitrogens with two attached hydrogens (primary N) is 1. The highest BCUT2D eigenvalue weighted by molar-refractivity contribution is 7.10. The number of aliphatic hydroxyl groups is 1. The van der Waals surface area contributed by atoms with Crippen molar-refractivity contribution in [2.24, 2.45) is 11.1 Å². The number of nitrogens with one attached hydrogen (secondary N) is 1. The summed E-state index contributed by atoms with van der Waals surface area (Å²) in [4.78, 5) is 12.5. The van der Waals surface area contributed by atoms with Gasteiger partial charge in [-0.2, -0.15) is 0 Å². The third-order valence-corrected chi connectivity index (χ3v) is 3.26. The summed E-state index contributed by atoms with van der Waals surface area (Å²) in [6.07, 6.45) is 0. The smallest absolute Gasteiger partial charge is 0.242 e. The molecule has 0 radical (unpaired) electrons. The topological polar surface area (TPSA) is 75.3 Å². The Kier molecular flexibility index (Phi) is 4.46. The average molecular weight is 242 g/mol. The SMILES string of the molecule is CC(C)(CO)CNC(=O)C(N)c1cccs1. The second-order valence-electron chi connectivity index (χ2n) is 4.53. The van der Waals surface area contributed by atoms with Crippen molar-refractivity contribution in [2.75, 3.05) is 13.2 Å². The second kappa shape index (κ2) is 5.43. The minimum absolute atomic E-state index is 0.0293. The standard InChI is InChI=1S/C11H18N2O2S/c1-11(2,7-14)6-13-10(15)9(12)8-4-3-5-16-8/h3-5,9,14H,6-7,12H2,1-2H3,(H,13,15). The molecule has 0 aliphatic heterocycles. The molecule has 0 aliphatic rings. The van der Waals surface area contributed by atoms with Crippen LogP contribution in [0.15, 0.2) is 17.5 Å². The van der Waals surface area contributed by atoms with Crippen LogP contribution in [0.1, 0.15) is 24.8 Å². The van der Waals surface area contributed by atoms with Crippen LogP contribution in [0.25, 0.3) is 0 Å². The lowest BCUT2D eigenvalue weighted by molar-refractivity contribution is -0.123. The van der Waals surface area contributed by atoms with E-state index in [-0.39, 0.29) is 17.9 Å². The van der Waals surface area contributed by atoms with Gasteiger partial charge in [-0.1, -0.05) is 19.9 Å². The first kappa shape index (κ1) is 13.2. The van der Waals surface area contributed by atoms with Gasteiger partial charge in [0.25, 0.3) is 0 Å². The maximum Gasteiger partial charge on any atom is 0.242 e. The molecule has 1 aromatic heterocycles. The maximum absolute atomic E-state index is 11.7. The number of thiophene rings is 1. The van der Waals surface area contributed by atoms with Crippen LogP contribution >= 0.6 is 11.3 Å². The summed E-state index contributed by atoms with van der Waals surface area (Å²) in [6.45, 7) is 4.21. The number of carbonyl (C=O) groups is 1.